The van der Waals surface area contributed by atoms with Crippen molar-refractivity contribution >= 4 is 0 Å². The Balaban J connectivity index is 1.20. The summed E-state index contributed by atoms with van der Waals surface area (Å²) in [7, 11) is 0. The normalized spacial score (nSPS) is 12.6. The summed E-state index contributed by atoms with van der Waals surface area (Å²) in [5, 5.41) is 9.52. The molecule has 0 atom stereocenters. The lowest BCUT2D eigenvalue weighted by atomic mass is 9.81. The van der Waals surface area contributed by atoms with Crippen molar-refractivity contribution in [3.63, 3.8) is 0 Å². The van der Waals surface area contributed by atoms with E-state index in [0.29, 0.717) is 23.0 Å². The number of benzene rings is 5. The number of hydrogen-bond donors (Lipinski definition) is 0. The van der Waals surface area contributed by atoms with E-state index in [9.17, 15) is 5.26 Å². The van der Waals surface area contributed by atoms with Crippen molar-refractivity contribution in [3.05, 3.63) is 156 Å². The molecule has 0 saturated carbocycles. The summed E-state index contributed by atoms with van der Waals surface area (Å²) < 4.78 is 0. The molecule has 1 aliphatic rings. The standard InChI is InChI=1S/C42H29N5/c1-42(2)37-22-27(25-43)13-19-35(37)36-20-18-32(24-38(36)42)31-10-6-11-33(23-31)41-46-39(29-8-4-3-5-9-29)45-40(47-41)30-16-14-28(15-17-30)34-12-7-21-44-26-34/h3-24,26H,1-2H3. The van der Waals surface area contributed by atoms with Gasteiger partial charge in [-0.25, -0.2) is 15.0 Å². The zero-order chi connectivity index (χ0) is 32.0. The van der Waals surface area contributed by atoms with Gasteiger partial charge in [-0.15, -0.1) is 0 Å². The van der Waals surface area contributed by atoms with E-state index in [0.717, 1.165) is 38.9 Å². The molecule has 8 rings (SSSR count). The van der Waals surface area contributed by atoms with Crippen LogP contribution in [0.1, 0.15) is 30.5 Å². The topological polar surface area (TPSA) is 75.3 Å². The minimum atomic E-state index is -0.217. The Morgan fingerprint density at radius 1 is 0.489 bits per heavy atom. The molecule has 0 bridgehead atoms. The molecule has 0 spiro atoms. The summed E-state index contributed by atoms with van der Waals surface area (Å²) in [6, 6.07) is 45.7. The van der Waals surface area contributed by atoms with Crippen molar-refractivity contribution in [1.29, 1.82) is 5.26 Å². The van der Waals surface area contributed by atoms with Gasteiger partial charge in [-0.2, -0.15) is 5.26 Å². The highest BCUT2D eigenvalue weighted by Crippen LogP contribution is 2.50. The Bertz CT molecular complexity index is 2320. The molecular weight excluding hydrogens is 574 g/mol. The van der Waals surface area contributed by atoms with E-state index < -0.39 is 0 Å². The van der Waals surface area contributed by atoms with Crippen LogP contribution in [0.15, 0.2) is 140 Å². The monoisotopic (exact) mass is 603 g/mol. The molecular formula is C42H29N5. The van der Waals surface area contributed by atoms with Gasteiger partial charge in [0.2, 0.25) is 0 Å². The van der Waals surface area contributed by atoms with Crippen LogP contribution >= 0.6 is 0 Å². The maximum atomic E-state index is 9.52. The van der Waals surface area contributed by atoms with Gasteiger partial charge in [0.15, 0.2) is 17.5 Å². The average Bonchev–Trinajstić information content (AvgIpc) is 3.37. The minimum Gasteiger partial charge on any atom is -0.264 e. The van der Waals surface area contributed by atoms with E-state index in [1.807, 2.05) is 54.7 Å². The fourth-order valence-electron chi connectivity index (χ4n) is 6.52. The number of hydrogen-bond acceptors (Lipinski definition) is 5. The molecule has 0 amide bonds. The van der Waals surface area contributed by atoms with Crippen molar-refractivity contribution in [3.8, 4) is 73.6 Å². The van der Waals surface area contributed by atoms with E-state index in [1.165, 1.54) is 22.3 Å². The molecule has 222 valence electrons. The van der Waals surface area contributed by atoms with Crippen molar-refractivity contribution in [2.45, 2.75) is 19.3 Å². The summed E-state index contributed by atoms with van der Waals surface area (Å²) in [5.74, 6) is 1.86. The lowest BCUT2D eigenvalue weighted by Gasteiger charge is -2.22. The third-order valence-corrected chi connectivity index (χ3v) is 9.06. The maximum Gasteiger partial charge on any atom is 0.164 e. The number of pyridine rings is 1. The predicted molar refractivity (Wildman–Crippen MR) is 187 cm³/mol. The minimum absolute atomic E-state index is 0.217. The molecule has 2 heterocycles. The molecule has 0 radical (unpaired) electrons. The molecule has 5 nitrogen and oxygen atoms in total. The Kier molecular flexibility index (Phi) is 6.78. The van der Waals surface area contributed by atoms with Crippen molar-refractivity contribution in [1.82, 2.24) is 19.9 Å². The molecule has 47 heavy (non-hydrogen) atoms. The molecule has 0 N–H and O–H groups in total. The number of fused-ring (bicyclic) bond motifs is 3. The van der Waals surface area contributed by atoms with Crippen LogP contribution in [0.2, 0.25) is 0 Å². The fraction of sp³-hybridized carbons (Fsp3) is 0.0714. The SMILES string of the molecule is CC1(C)c2cc(C#N)ccc2-c2ccc(-c3cccc(-c4nc(-c5ccccc5)nc(-c5ccc(-c6cccnc6)cc5)n4)c3)cc21. The molecule has 7 aromatic rings. The predicted octanol–water partition coefficient (Wildman–Crippen LogP) is 9.78. The van der Waals surface area contributed by atoms with Crippen molar-refractivity contribution in [2.24, 2.45) is 0 Å². The first kappa shape index (κ1) is 28.2. The van der Waals surface area contributed by atoms with E-state index >= 15 is 0 Å². The van der Waals surface area contributed by atoms with Gasteiger partial charge in [-0.3, -0.25) is 4.98 Å². The first-order valence-corrected chi connectivity index (χ1v) is 15.6. The second-order valence-corrected chi connectivity index (χ2v) is 12.3. The van der Waals surface area contributed by atoms with Gasteiger partial charge in [0.25, 0.3) is 0 Å². The van der Waals surface area contributed by atoms with Gasteiger partial charge in [0.05, 0.1) is 11.6 Å². The van der Waals surface area contributed by atoms with Crippen LogP contribution in [0.5, 0.6) is 0 Å². The second-order valence-electron chi connectivity index (χ2n) is 12.3. The highest BCUT2D eigenvalue weighted by Gasteiger charge is 2.35. The summed E-state index contributed by atoms with van der Waals surface area (Å²) in [6.45, 7) is 4.47. The van der Waals surface area contributed by atoms with Crippen LogP contribution in [-0.2, 0) is 5.41 Å². The highest BCUT2D eigenvalue weighted by atomic mass is 15.0. The Morgan fingerprint density at radius 3 is 1.74 bits per heavy atom. The molecule has 0 aliphatic heterocycles. The van der Waals surface area contributed by atoms with Gasteiger partial charge in [-0.1, -0.05) is 111 Å². The zero-order valence-electron chi connectivity index (χ0n) is 26.0. The van der Waals surface area contributed by atoms with Crippen LogP contribution in [0.25, 0.3) is 67.5 Å². The number of nitrogens with zero attached hydrogens (tertiary/aromatic N) is 5. The van der Waals surface area contributed by atoms with Crippen molar-refractivity contribution < 1.29 is 0 Å². The first-order chi connectivity index (χ1) is 23.0. The number of nitriles is 1. The summed E-state index contributed by atoms with van der Waals surface area (Å²) in [6.07, 6.45) is 3.64. The molecule has 0 fully saturated rings. The molecule has 5 aromatic carbocycles. The molecule has 5 heteroatoms. The smallest absolute Gasteiger partial charge is 0.164 e. The second kappa shape index (κ2) is 11.3. The lowest BCUT2D eigenvalue weighted by molar-refractivity contribution is 0.660. The van der Waals surface area contributed by atoms with Gasteiger partial charge in [0.1, 0.15) is 0 Å². The Hall–Kier alpha value is -6.25. The third-order valence-electron chi connectivity index (χ3n) is 9.06. The highest BCUT2D eigenvalue weighted by molar-refractivity contribution is 5.84. The van der Waals surface area contributed by atoms with E-state index in [1.54, 1.807) is 6.20 Å². The molecule has 1 aliphatic carbocycles. The lowest BCUT2D eigenvalue weighted by Crippen LogP contribution is -2.15. The average molecular weight is 604 g/mol. The quantitative estimate of drug-likeness (QED) is 0.196. The third kappa shape index (κ3) is 5.07. The fourth-order valence-corrected chi connectivity index (χ4v) is 6.52. The molecule has 0 unspecified atom stereocenters. The van der Waals surface area contributed by atoms with Gasteiger partial charge < -0.3 is 0 Å². The van der Waals surface area contributed by atoms with E-state index in [2.05, 4.69) is 104 Å². The van der Waals surface area contributed by atoms with E-state index in [4.69, 9.17) is 15.0 Å². The molecule has 2 aromatic heterocycles. The summed E-state index contributed by atoms with van der Waals surface area (Å²) in [5.41, 5.74) is 12.4. The Labute approximate surface area is 273 Å². The summed E-state index contributed by atoms with van der Waals surface area (Å²) >= 11 is 0. The van der Waals surface area contributed by atoms with Gasteiger partial charge in [-0.05, 0) is 74.8 Å². The number of rotatable bonds is 5. The van der Waals surface area contributed by atoms with Crippen LogP contribution in [0.3, 0.4) is 0 Å². The number of aromatic nitrogens is 4. The summed E-state index contributed by atoms with van der Waals surface area (Å²) in [4.78, 5) is 19.1. The van der Waals surface area contributed by atoms with Crippen molar-refractivity contribution in [2.75, 3.05) is 0 Å². The van der Waals surface area contributed by atoms with Crippen LogP contribution in [0, 0.1) is 11.3 Å². The van der Waals surface area contributed by atoms with Crippen LogP contribution < -0.4 is 0 Å². The maximum absolute atomic E-state index is 9.52. The largest absolute Gasteiger partial charge is 0.264 e. The van der Waals surface area contributed by atoms with Gasteiger partial charge >= 0.3 is 0 Å². The van der Waals surface area contributed by atoms with Crippen LogP contribution in [-0.4, -0.2) is 19.9 Å². The van der Waals surface area contributed by atoms with Gasteiger partial charge in [0, 0.05) is 34.5 Å². The first-order valence-electron chi connectivity index (χ1n) is 15.6. The molecule has 0 saturated heterocycles. The Morgan fingerprint density at radius 2 is 1.04 bits per heavy atom. The zero-order valence-corrected chi connectivity index (χ0v) is 26.0. The van der Waals surface area contributed by atoms with E-state index in [-0.39, 0.29) is 5.41 Å². The van der Waals surface area contributed by atoms with Crippen LogP contribution in [0.4, 0.5) is 0 Å².